The van der Waals surface area contributed by atoms with Gasteiger partial charge in [-0.3, -0.25) is 15.0 Å². The Hall–Kier alpha value is -3.33. The highest BCUT2D eigenvalue weighted by Crippen LogP contribution is 2.37. The molecule has 3 nitrogen and oxygen atoms in total. The van der Waals surface area contributed by atoms with Crippen LogP contribution in [0.15, 0.2) is 83.2 Å². The van der Waals surface area contributed by atoms with Crippen LogP contribution >= 0.6 is 0 Å². The van der Waals surface area contributed by atoms with E-state index in [9.17, 15) is 4.79 Å². The van der Waals surface area contributed by atoms with Crippen molar-refractivity contribution in [3.05, 3.63) is 111 Å². The molecule has 3 heteroatoms. The lowest BCUT2D eigenvalue weighted by Gasteiger charge is -2.23. The Bertz CT molecular complexity index is 1200. The van der Waals surface area contributed by atoms with Crippen molar-refractivity contribution >= 4 is 16.8 Å². The number of fused-ring (bicyclic) bond motifs is 2. The molecule has 1 atom stereocenters. The van der Waals surface area contributed by atoms with E-state index in [1.807, 2.05) is 18.2 Å². The molecule has 0 amide bonds. The number of H-pyrrole nitrogens is 2. The Morgan fingerprint density at radius 3 is 2.48 bits per heavy atom. The summed E-state index contributed by atoms with van der Waals surface area (Å²) in [4.78, 5) is 12.3. The summed E-state index contributed by atoms with van der Waals surface area (Å²) in [7, 11) is 0. The molecule has 0 spiro atoms. The third kappa shape index (κ3) is 2.91. The first-order chi connectivity index (χ1) is 13.3. The number of benzene rings is 3. The summed E-state index contributed by atoms with van der Waals surface area (Å²) in [6.45, 7) is 0. The van der Waals surface area contributed by atoms with Crippen LogP contribution in [0.2, 0.25) is 0 Å². The molecule has 132 valence electrons. The van der Waals surface area contributed by atoms with Crippen molar-refractivity contribution in [3.63, 3.8) is 0 Å². The second-order valence-electron chi connectivity index (χ2n) is 7.23. The molecule has 3 aromatic carbocycles. The van der Waals surface area contributed by atoms with Crippen LogP contribution in [0.1, 0.15) is 34.7 Å². The number of allylic oxidation sites excluding steroid dienone is 1. The van der Waals surface area contributed by atoms with E-state index >= 15 is 0 Å². The minimum Gasteiger partial charge on any atom is -0.298 e. The second-order valence-corrected chi connectivity index (χ2v) is 7.23. The largest absolute Gasteiger partial charge is 0.298 e. The Morgan fingerprint density at radius 2 is 1.63 bits per heavy atom. The van der Waals surface area contributed by atoms with Crippen molar-refractivity contribution < 1.29 is 0 Å². The van der Waals surface area contributed by atoms with Gasteiger partial charge in [0.25, 0.3) is 5.56 Å². The zero-order valence-electron chi connectivity index (χ0n) is 14.9. The van der Waals surface area contributed by atoms with Gasteiger partial charge in [-0.2, -0.15) is 0 Å². The molecule has 5 rings (SSSR count). The van der Waals surface area contributed by atoms with Crippen LogP contribution in [0.3, 0.4) is 0 Å². The van der Waals surface area contributed by atoms with E-state index in [4.69, 9.17) is 0 Å². The van der Waals surface area contributed by atoms with E-state index < -0.39 is 0 Å². The number of hydrogen-bond acceptors (Lipinski definition) is 1. The lowest BCUT2D eigenvalue weighted by atomic mass is 9.80. The van der Waals surface area contributed by atoms with Gasteiger partial charge in [0.05, 0.1) is 11.3 Å². The van der Waals surface area contributed by atoms with Gasteiger partial charge in [0.15, 0.2) is 0 Å². The zero-order chi connectivity index (χ0) is 18.2. The SMILES string of the molecule is O=c1[nH][nH]c2c1C(c1ccccc1)CC(Cc1ccc3ccccc3c1)=C2. The number of aromatic nitrogens is 2. The van der Waals surface area contributed by atoms with Gasteiger partial charge < -0.3 is 0 Å². The molecule has 0 radical (unpaired) electrons. The van der Waals surface area contributed by atoms with Crippen LogP contribution in [-0.4, -0.2) is 10.2 Å². The fourth-order valence-electron chi connectivity index (χ4n) is 4.17. The summed E-state index contributed by atoms with van der Waals surface area (Å²) in [5.74, 6) is 0.0941. The Balaban J connectivity index is 1.52. The van der Waals surface area contributed by atoms with Gasteiger partial charge in [0.2, 0.25) is 0 Å². The maximum absolute atomic E-state index is 12.3. The predicted octanol–water partition coefficient (Wildman–Crippen LogP) is 5.02. The maximum atomic E-state index is 12.3. The molecule has 4 aromatic rings. The molecule has 1 aromatic heterocycles. The van der Waals surface area contributed by atoms with Crippen molar-refractivity contribution in [2.75, 3.05) is 0 Å². The lowest BCUT2D eigenvalue weighted by Crippen LogP contribution is -2.17. The zero-order valence-corrected chi connectivity index (χ0v) is 14.9. The van der Waals surface area contributed by atoms with E-state index in [0.29, 0.717) is 0 Å². The molecular weight excluding hydrogens is 332 g/mol. The van der Waals surface area contributed by atoms with Crippen LogP contribution in [0, 0.1) is 0 Å². The molecule has 0 aliphatic heterocycles. The Kier molecular flexibility index (Phi) is 3.79. The highest BCUT2D eigenvalue weighted by Gasteiger charge is 2.27. The summed E-state index contributed by atoms with van der Waals surface area (Å²) in [6.07, 6.45) is 3.90. The van der Waals surface area contributed by atoms with E-state index in [1.165, 1.54) is 27.5 Å². The fourth-order valence-corrected chi connectivity index (χ4v) is 4.17. The van der Waals surface area contributed by atoms with Gasteiger partial charge in [0.1, 0.15) is 0 Å². The summed E-state index contributed by atoms with van der Waals surface area (Å²) in [6, 6.07) is 25.4. The van der Waals surface area contributed by atoms with Crippen molar-refractivity contribution in [1.82, 2.24) is 10.2 Å². The quantitative estimate of drug-likeness (QED) is 0.534. The molecule has 0 bridgehead atoms. The normalized spacial score (nSPS) is 16.1. The molecule has 1 heterocycles. The number of hydrogen-bond donors (Lipinski definition) is 2. The van der Waals surface area contributed by atoms with Gasteiger partial charge in [-0.05, 0) is 40.8 Å². The Morgan fingerprint density at radius 1 is 0.852 bits per heavy atom. The van der Waals surface area contributed by atoms with Gasteiger partial charge in [-0.15, -0.1) is 0 Å². The van der Waals surface area contributed by atoms with Crippen molar-refractivity contribution in [1.29, 1.82) is 0 Å². The first-order valence-corrected chi connectivity index (χ1v) is 9.30. The lowest BCUT2D eigenvalue weighted by molar-refractivity contribution is 0.762. The third-order valence-corrected chi connectivity index (χ3v) is 5.46. The van der Waals surface area contributed by atoms with E-state index in [1.54, 1.807) is 0 Å². The van der Waals surface area contributed by atoms with E-state index in [-0.39, 0.29) is 11.5 Å². The van der Waals surface area contributed by atoms with E-state index in [0.717, 1.165) is 24.1 Å². The van der Waals surface area contributed by atoms with Gasteiger partial charge >= 0.3 is 0 Å². The number of nitrogens with one attached hydrogen (secondary N) is 2. The smallest absolute Gasteiger partial charge is 0.268 e. The minimum absolute atomic E-state index is 0.0140. The van der Waals surface area contributed by atoms with Gasteiger partial charge in [-0.1, -0.05) is 78.4 Å². The Labute approximate surface area is 157 Å². The standard InChI is InChI=1S/C24H20N2O/c27-24-23-21(19-7-2-1-3-8-19)14-17(15-22(23)25-26-24)12-16-10-11-18-6-4-5-9-20(18)13-16/h1-11,13,15,21H,12,14H2,(H2,25,26,27). The van der Waals surface area contributed by atoms with Gasteiger partial charge in [0, 0.05) is 5.92 Å². The molecule has 1 unspecified atom stereocenters. The van der Waals surface area contributed by atoms with Crippen molar-refractivity contribution in [3.8, 4) is 0 Å². The maximum Gasteiger partial charge on any atom is 0.268 e. The second kappa shape index (κ2) is 6.44. The number of aromatic amines is 2. The summed E-state index contributed by atoms with van der Waals surface area (Å²) >= 11 is 0. The summed E-state index contributed by atoms with van der Waals surface area (Å²) in [5.41, 5.74) is 5.57. The third-order valence-electron chi connectivity index (χ3n) is 5.46. The van der Waals surface area contributed by atoms with Crippen molar-refractivity contribution in [2.24, 2.45) is 0 Å². The summed E-state index contributed by atoms with van der Waals surface area (Å²) in [5, 5.41) is 8.35. The monoisotopic (exact) mass is 352 g/mol. The molecule has 0 saturated carbocycles. The molecule has 1 aliphatic rings. The molecule has 0 fully saturated rings. The van der Waals surface area contributed by atoms with E-state index in [2.05, 4.69) is 70.9 Å². The molecule has 0 saturated heterocycles. The average Bonchev–Trinajstić information content (AvgIpc) is 3.09. The molecule has 1 aliphatic carbocycles. The van der Waals surface area contributed by atoms with Crippen LogP contribution in [0.25, 0.3) is 16.8 Å². The summed E-state index contributed by atoms with van der Waals surface area (Å²) < 4.78 is 0. The first-order valence-electron chi connectivity index (χ1n) is 9.30. The van der Waals surface area contributed by atoms with Crippen LogP contribution in [0.5, 0.6) is 0 Å². The highest BCUT2D eigenvalue weighted by atomic mass is 16.1. The number of rotatable bonds is 3. The molecule has 27 heavy (non-hydrogen) atoms. The van der Waals surface area contributed by atoms with Crippen LogP contribution in [0.4, 0.5) is 0 Å². The van der Waals surface area contributed by atoms with Crippen molar-refractivity contribution in [2.45, 2.75) is 18.8 Å². The molecular formula is C24H20N2O. The fraction of sp³-hybridized carbons (Fsp3) is 0.125. The van der Waals surface area contributed by atoms with Crippen LogP contribution < -0.4 is 5.56 Å². The predicted molar refractivity (Wildman–Crippen MR) is 110 cm³/mol. The molecule has 2 N–H and O–H groups in total. The first kappa shape index (κ1) is 15.9. The topological polar surface area (TPSA) is 48.6 Å². The highest BCUT2D eigenvalue weighted by molar-refractivity contribution is 5.83. The van der Waals surface area contributed by atoms with Gasteiger partial charge in [-0.25, -0.2) is 0 Å². The van der Waals surface area contributed by atoms with Crippen LogP contribution in [-0.2, 0) is 6.42 Å². The minimum atomic E-state index is -0.0140. The average molecular weight is 352 g/mol.